The summed E-state index contributed by atoms with van der Waals surface area (Å²) in [5, 5.41) is 5.39. The summed E-state index contributed by atoms with van der Waals surface area (Å²) in [5.41, 5.74) is 0.922. The Kier molecular flexibility index (Phi) is 4.45. The summed E-state index contributed by atoms with van der Waals surface area (Å²) in [6, 6.07) is 2.75. The third-order valence-corrected chi connectivity index (χ3v) is 2.16. The highest BCUT2D eigenvalue weighted by atomic mass is 16.5. The quantitative estimate of drug-likeness (QED) is 0.741. The first kappa shape index (κ1) is 13.0. The Labute approximate surface area is 99.4 Å². The van der Waals surface area contributed by atoms with Gasteiger partial charge in [0, 0.05) is 18.9 Å². The Morgan fingerprint density at radius 3 is 2.76 bits per heavy atom. The predicted octanol–water partition coefficient (Wildman–Crippen LogP) is 0.415. The molecule has 0 aliphatic carbocycles. The molecule has 0 aliphatic rings. The third kappa shape index (κ3) is 3.44. The normalized spacial score (nSPS) is 11.5. The molecule has 92 valence electrons. The van der Waals surface area contributed by atoms with Gasteiger partial charge >= 0.3 is 5.97 Å². The molecule has 0 saturated heterocycles. The average molecular weight is 237 g/mol. The van der Waals surface area contributed by atoms with Crippen molar-refractivity contribution in [1.82, 2.24) is 10.3 Å². The molecule has 0 fully saturated rings. The number of carbonyl (C=O) groups excluding carboxylic acids is 2. The molecule has 0 spiro atoms. The number of amides is 1. The van der Waals surface area contributed by atoms with Crippen molar-refractivity contribution in [2.24, 2.45) is 0 Å². The van der Waals surface area contributed by atoms with Gasteiger partial charge in [0.15, 0.2) is 0 Å². The van der Waals surface area contributed by atoms with Gasteiger partial charge in [-0.3, -0.25) is 9.78 Å². The van der Waals surface area contributed by atoms with E-state index in [-0.39, 0.29) is 17.6 Å². The topological polar surface area (TPSA) is 80.3 Å². The van der Waals surface area contributed by atoms with E-state index in [0.717, 1.165) is 0 Å². The highest BCUT2D eigenvalue weighted by Gasteiger charge is 2.13. The van der Waals surface area contributed by atoms with Crippen molar-refractivity contribution in [3.63, 3.8) is 0 Å². The number of carbonyl (C=O) groups is 2. The van der Waals surface area contributed by atoms with Crippen LogP contribution in [0.2, 0.25) is 0 Å². The molecule has 1 unspecified atom stereocenters. The monoisotopic (exact) mass is 237 g/mol. The molecule has 6 heteroatoms. The molecule has 2 N–H and O–H groups in total. The third-order valence-electron chi connectivity index (χ3n) is 2.16. The van der Waals surface area contributed by atoms with E-state index in [1.165, 1.54) is 20.4 Å². The zero-order valence-electron chi connectivity index (χ0n) is 9.98. The number of anilines is 1. The van der Waals surface area contributed by atoms with E-state index < -0.39 is 6.04 Å². The molecular formula is C11H15N3O3. The van der Waals surface area contributed by atoms with Gasteiger partial charge in [0.1, 0.15) is 11.7 Å². The number of methoxy groups -OCH3 is 1. The van der Waals surface area contributed by atoms with E-state index in [1.54, 1.807) is 19.1 Å². The molecule has 1 rings (SSSR count). The van der Waals surface area contributed by atoms with Gasteiger partial charge in [-0.15, -0.1) is 0 Å². The zero-order chi connectivity index (χ0) is 12.8. The number of nitrogens with zero attached hydrogens (tertiary/aromatic N) is 1. The molecule has 1 atom stereocenters. The Bertz CT molecular complexity index is 420. The fraction of sp³-hybridized carbons (Fsp3) is 0.364. The predicted molar refractivity (Wildman–Crippen MR) is 62.7 cm³/mol. The molecule has 1 heterocycles. The highest BCUT2D eigenvalue weighted by molar-refractivity contribution is 5.93. The second kappa shape index (κ2) is 5.83. The number of aromatic nitrogens is 1. The smallest absolute Gasteiger partial charge is 0.327 e. The van der Waals surface area contributed by atoms with Crippen molar-refractivity contribution in [3.8, 4) is 0 Å². The second-order valence-electron chi connectivity index (χ2n) is 3.40. The zero-order valence-corrected chi connectivity index (χ0v) is 9.98. The van der Waals surface area contributed by atoms with Crippen molar-refractivity contribution in [1.29, 1.82) is 0 Å². The van der Waals surface area contributed by atoms with Crippen molar-refractivity contribution < 1.29 is 14.3 Å². The minimum absolute atomic E-state index is 0.278. The molecule has 1 aromatic rings. The van der Waals surface area contributed by atoms with Gasteiger partial charge in [-0.1, -0.05) is 0 Å². The summed E-state index contributed by atoms with van der Waals surface area (Å²) in [4.78, 5) is 26.5. The number of pyridine rings is 1. The summed E-state index contributed by atoms with van der Waals surface area (Å²) >= 11 is 0. The lowest BCUT2D eigenvalue weighted by molar-refractivity contribution is -0.141. The molecular weight excluding hydrogens is 222 g/mol. The van der Waals surface area contributed by atoms with Gasteiger partial charge in [-0.05, 0) is 19.1 Å². The molecule has 0 bridgehead atoms. The van der Waals surface area contributed by atoms with Crippen LogP contribution in [0.3, 0.4) is 0 Å². The molecule has 0 saturated carbocycles. The van der Waals surface area contributed by atoms with E-state index in [0.29, 0.717) is 5.69 Å². The summed E-state index contributed by atoms with van der Waals surface area (Å²) in [5.74, 6) is -0.650. The van der Waals surface area contributed by atoms with Gasteiger partial charge < -0.3 is 15.4 Å². The van der Waals surface area contributed by atoms with Gasteiger partial charge in [0.25, 0.3) is 5.91 Å². The second-order valence-corrected chi connectivity index (χ2v) is 3.40. The number of ether oxygens (including phenoxy) is 1. The Morgan fingerprint density at radius 1 is 1.47 bits per heavy atom. The van der Waals surface area contributed by atoms with Crippen LogP contribution in [0.15, 0.2) is 18.3 Å². The fourth-order valence-electron chi connectivity index (χ4n) is 1.26. The van der Waals surface area contributed by atoms with Crippen LogP contribution in [0.4, 0.5) is 5.69 Å². The average Bonchev–Trinajstić information content (AvgIpc) is 2.37. The molecule has 6 nitrogen and oxygen atoms in total. The molecule has 17 heavy (non-hydrogen) atoms. The first-order valence-corrected chi connectivity index (χ1v) is 5.11. The number of nitrogens with one attached hydrogen (secondary N) is 2. The first-order chi connectivity index (χ1) is 8.08. The highest BCUT2D eigenvalue weighted by Crippen LogP contribution is 2.09. The van der Waals surface area contributed by atoms with Crippen LogP contribution in [0, 0.1) is 0 Å². The minimum atomic E-state index is -0.486. The number of hydrogen-bond acceptors (Lipinski definition) is 5. The van der Waals surface area contributed by atoms with Crippen molar-refractivity contribution >= 4 is 17.6 Å². The van der Waals surface area contributed by atoms with Crippen LogP contribution in [0.25, 0.3) is 0 Å². The van der Waals surface area contributed by atoms with Crippen molar-refractivity contribution in [2.75, 3.05) is 19.5 Å². The minimum Gasteiger partial charge on any atom is -0.467 e. The van der Waals surface area contributed by atoms with Gasteiger partial charge in [0.2, 0.25) is 0 Å². The van der Waals surface area contributed by atoms with Gasteiger partial charge in [-0.2, -0.15) is 0 Å². The van der Waals surface area contributed by atoms with Crippen molar-refractivity contribution in [3.05, 3.63) is 24.0 Å². The SMILES string of the molecule is CNC(=O)c1cc(NC(C)C(=O)OC)ccn1. The molecule has 0 aliphatic heterocycles. The van der Waals surface area contributed by atoms with E-state index in [2.05, 4.69) is 20.4 Å². The summed E-state index contributed by atoms with van der Waals surface area (Å²) in [7, 11) is 2.85. The Hall–Kier alpha value is -2.11. The van der Waals surface area contributed by atoms with Crippen LogP contribution in [-0.4, -0.2) is 37.1 Å². The lowest BCUT2D eigenvalue weighted by Crippen LogP contribution is -2.27. The fourth-order valence-corrected chi connectivity index (χ4v) is 1.26. The van der Waals surface area contributed by atoms with Gasteiger partial charge in [0.05, 0.1) is 7.11 Å². The standard InChI is InChI=1S/C11H15N3O3/c1-7(11(16)17-3)14-8-4-5-13-9(6-8)10(15)12-2/h4-7H,1-3H3,(H,12,15)(H,13,14). The number of esters is 1. The van der Waals surface area contributed by atoms with Crippen LogP contribution in [-0.2, 0) is 9.53 Å². The summed E-state index contributed by atoms with van der Waals surface area (Å²) in [6.45, 7) is 1.67. The van der Waals surface area contributed by atoms with Crippen LogP contribution in [0.5, 0.6) is 0 Å². The maximum absolute atomic E-state index is 11.3. The molecule has 0 aromatic carbocycles. The Morgan fingerprint density at radius 2 is 2.18 bits per heavy atom. The number of rotatable bonds is 4. The maximum Gasteiger partial charge on any atom is 0.327 e. The van der Waals surface area contributed by atoms with Crippen molar-refractivity contribution in [2.45, 2.75) is 13.0 Å². The maximum atomic E-state index is 11.3. The molecule has 0 radical (unpaired) electrons. The van der Waals surface area contributed by atoms with E-state index in [1.807, 2.05) is 0 Å². The van der Waals surface area contributed by atoms with E-state index >= 15 is 0 Å². The number of hydrogen-bond donors (Lipinski definition) is 2. The van der Waals surface area contributed by atoms with Crippen LogP contribution < -0.4 is 10.6 Å². The van der Waals surface area contributed by atoms with Crippen LogP contribution >= 0.6 is 0 Å². The lowest BCUT2D eigenvalue weighted by atomic mass is 10.2. The summed E-state index contributed by atoms with van der Waals surface area (Å²) in [6.07, 6.45) is 1.50. The lowest BCUT2D eigenvalue weighted by Gasteiger charge is -2.13. The Balaban J connectivity index is 2.79. The largest absolute Gasteiger partial charge is 0.467 e. The molecule has 1 aromatic heterocycles. The van der Waals surface area contributed by atoms with E-state index in [9.17, 15) is 9.59 Å². The van der Waals surface area contributed by atoms with E-state index in [4.69, 9.17) is 0 Å². The molecule has 1 amide bonds. The van der Waals surface area contributed by atoms with Crippen LogP contribution in [0.1, 0.15) is 17.4 Å². The first-order valence-electron chi connectivity index (χ1n) is 5.11. The summed E-state index contributed by atoms with van der Waals surface area (Å²) < 4.78 is 4.59. The van der Waals surface area contributed by atoms with Gasteiger partial charge in [-0.25, -0.2) is 4.79 Å².